The van der Waals surface area contributed by atoms with Crippen LogP contribution in [0.15, 0.2) is 18.3 Å². The Balaban J connectivity index is 1.80. The van der Waals surface area contributed by atoms with Gasteiger partial charge < -0.3 is 10.2 Å². The molecule has 2 aromatic rings. The topological polar surface area (TPSA) is 93.5 Å². The number of nitriles is 1. The first-order valence-electron chi connectivity index (χ1n) is 6.53. The Bertz CT molecular complexity index is 625. The molecule has 0 bridgehead atoms. The zero-order valence-corrected chi connectivity index (χ0v) is 11.2. The van der Waals surface area contributed by atoms with Gasteiger partial charge in [0.15, 0.2) is 5.82 Å². The molecule has 1 atom stereocenters. The van der Waals surface area contributed by atoms with Gasteiger partial charge in [-0.1, -0.05) is 0 Å². The van der Waals surface area contributed by atoms with E-state index in [4.69, 9.17) is 5.26 Å². The van der Waals surface area contributed by atoms with Crippen molar-refractivity contribution in [3.8, 4) is 17.6 Å². The van der Waals surface area contributed by atoms with Crippen molar-refractivity contribution in [2.45, 2.75) is 13.0 Å². The van der Waals surface area contributed by atoms with Gasteiger partial charge in [-0.3, -0.25) is 10.1 Å². The van der Waals surface area contributed by atoms with Crippen LogP contribution in [0.2, 0.25) is 0 Å². The zero-order chi connectivity index (χ0) is 13.9. The third kappa shape index (κ3) is 2.46. The van der Waals surface area contributed by atoms with Crippen LogP contribution in [0.3, 0.4) is 0 Å². The van der Waals surface area contributed by atoms with Crippen LogP contribution in [0, 0.1) is 11.3 Å². The lowest BCUT2D eigenvalue weighted by Crippen LogP contribution is -2.49. The Kier molecular flexibility index (Phi) is 3.31. The molecule has 1 aliphatic rings. The van der Waals surface area contributed by atoms with E-state index < -0.39 is 0 Å². The van der Waals surface area contributed by atoms with Crippen molar-refractivity contribution in [1.29, 1.82) is 5.26 Å². The van der Waals surface area contributed by atoms with E-state index in [1.54, 1.807) is 12.1 Å². The van der Waals surface area contributed by atoms with Gasteiger partial charge >= 0.3 is 0 Å². The first-order chi connectivity index (χ1) is 9.76. The number of rotatable bonds is 2. The van der Waals surface area contributed by atoms with Gasteiger partial charge in [0, 0.05) is 31.9 Å². The molecule has 0 spiro atoms. The second-order valence-electron chi connectivity index (χ2n) is 4.83. The number of aromatic amines is 1. The van der Waals surface area contributed by atoms with Gasteiger partial charge in [0.25, 0.3) is 0 Å². The van der Waals surface area contributed by atoms with Crippen LogP contribution in [0.5, 0.6) is 0 Å². The summed E-state index contributed by atoms with van der Waals surface area (Å²) in [6.45, 7) is 4.85. The zero-order valence-electron chi connectivity index (χ0n) is 11.2. The van der Waals surface area contributed by atoms with Crippen molar-refractivity contribution >= 4 is 5.95 Å². The van der Waals surface area contributed by atoms with Crippen molar-refractivity contribution in [2.75, 3.05) is 24.5 Å². The Morgan fingerprint density at radius 1 is 1.45 bits per heavy atom. The van der Waals surface area contributed by atoms with Crippen LogP contribution in [0.25, 0.3) is 11.5 Å². The van der Waals surface area contributed by atoms with Gasteiger partial charge in [-0.05, 0) is 19.1 Å². The molecule has 0 unspecified atom stereocenters. The number of anilines is 1. The van der Waals surface area contributed by atoms with Crippen LogP contribution in [0.4, 0.5) is 5.95 Å². The molecule has 0 amide bonds. The van der Waals surface area contributed by atoms with E-state index in [0.717, 1.165) is 19.6 Å². The normalized spacial score (nSPS) is 18.8. The third-order valence-electron chi connectivity index (χ3n) is 3.26. The summed E-state index contributed by atoms with van der Waals surface area (Å²) >= 11 is 0. The quantitative estimate of drug-likeness (QED) is 0.826. The molecule has 0 aliphatic carbocycles. The molecular weight excluding hydrogens is 254 g/mol. The summed E-state index contributed by atoms with van der Waals surface area (Å²) in [5.74, 6) is 1.31. The minimum absolute atomic E-state index is 0.429. The summed E-state index contributed by atoms with van der Waals surface area (Å²) in [4.78, 5) is 10.8. The molecule has 1 saturated heterocycles. The van der Waals surface area contributed by atoms with Crippen LogP contribution in [-0.2, 0) is 0 Å². The van der Waals surface area contributed by atoms with E-state index >= 15 is 0 Å². The predicted octanol–water partition coefficient (Wildman–Crippen LogP) is 0.536. The molecule has 7 nitrogen and oxygen atoms in total. The number of pyridine rings is 1. The third-order valence-corrected chi connectivity index (χ3v) is 3.26. The smallest absolute Gasteiger partial charge is 0.245 e. The SMILES string of the molecule is C[C@@H]1CN(c2n[nH]c(-c3ccc(C#N)cn3)n2)CCN1. The fourth-order valence-corrected chi connectivity index (χ4v) is 2.22. The molecule has 0 radical (unpaired) electrons. The van der Waals surface area contributed by atoms with E-state index in [0.29, 0.717) is 29.1 Å². The first-order valence-corrected chi connectivity index (χ1v) is 6.53. The summed E-state index contributed by atoms with van der Waals surface area (Å²) in [6, 6.07) is 5.96. The number of nitrogens with zero attached hydrogens (tertiary/aromatic N) is 5. The van der Waals surface area contributed by atoms with E-state index in [-0.39, 0.29) is 0 Å². The molecule has 2 N–H and O–H groups in total. The molecule has 3 rings (SSSR count). The Morgan fingerprint density at radius 2 is 2.35 bits per heavy atom. The molecule has 7 heteroatoms. The van der Waals surface area contributed by atoms with Crippen molar-refractivity contribution in [2.24, 2.45) is 0 Å². The number of aromatic nitrogens is 4. The molecule has 0 aromatic carbocycles. The summed E-state index contributed by atoms with van der Waals surface area (Å²) < 4.78 is 0. The van der Waals surface area contributed by atoms with E-state index in [9.17, 15) is 0 Å². The highest BCUT2D eigenvalue weighted by Gasteiger charge is 2.19. The number of nitrogens with one attached hydrogen (secondary N) is 2. The second kappa shape index (κ2) is 5.27. The molecule has 1 aliphatic heterocycles. The highest BCUT2D eigenvalue weighted by Crippen LogP contribution is 2.16. The lowest BCUT2D eigenvalue weighted by atomic mass is 10.2. The minimum Gasteiger partial charge on any atom is -0.337 e. The summed E-state index contributed by atoms with van der Waals surface area (Å²) in [5.41, 5.74) is 1.22. The van der Waals surface area contributed by atoms with E-state index in [1.807, 2.05) is 6.07 Å². The second-order valence-corrected chi connectivity index (χ2v) is 4.83. The van der Waals surface area contributed by atoms with Gasteiger partial charge in [-0.15, -0.1) is 5.10 Å². The lowest BCUT2D eigenvalue weighted by Gasteiger charge is -2.30. The summed E-state index contributed by atoms with van der Waals surface area (Å²) in [6.07, 6.45) is 1.53. The van der Waals surface area contributed by atoms with Gasteiger partial charge in [0.1, 0.15) is 11.8 Å². The van der Waals surface area contributed by atoms with Crippen molar-refractivity contribution in [3.63, 3.8) is 0 Å². The van der Waals surface area contributed by atoms with Crippen LogP contribution in [-0.4, -0.2) is 45.8 Å². The largest absolute Gasteiger partial charge is 0.337 e. The fraction of sp³-hybridized carbons (Fsp3) is 0.385. The van der Waals surface area contributed by atoms with Crippen LogP contribution in [0.1, 0.15) is 12.5 Å². The number of H-pyrrole nitrogens is 1. The van der Waals surface area contributed by atoms with E-state index in [1.165, 1.54) is 6.20 Å². The molecule has 3 heterocycles. The molecule has 1 fully saturated rings. The maximum Gasteiger partial charge on any atom is 0.245 e. The highest BCUT2D eigenvalue weighted by molar-refractivity contribution is 5.52. The fourth-order valence-electron chi connectivity index (χ4n) is 2.22. The van der Waals surface area contributed by atoms with Gasteiger partial charge in [-0.2, -0.15) is 10.2 Å². The molecule has 20 heavy (non-hydrogen) atoms. The standard InChI is InChI=1S/C13H15N7/c1-9-8-20(5-4-15-9)13-17-12(18-19-13)11-3-2-10(6-14)7-16-11/h2-3,7,9,15H,4-5,8H2,1H3,(H,17,18,19)/t9-/m1/s1. The Morgan fingerprint density at radius 3 is 3.05 bits per heavy atom. The average Bonchev–Trinajstić information content (AvgIpc) is 2.97. The van der Waals surface area contributed by atoms with Crippen LogP contribution >= 0.6 is 0 Å². The highest BCUT2D eigenvalue weighted by atomic mass is 15.4. The average molecular weight is 269 g/mol. The van der Waals surface area contributed by atoms with Gasteiger partial charge in [-0.25, -0.2) is 0 Å². The first kappa shape index (κ1) is 12.6. The molecular formula is C13H15N7. The summed E-state index contributed by atoms with van der Waals surface area (Å²) in [5, 5.41) is 19.3. The Hall–Kier alpha value is -2.46. The van der Waals surface area contributed by atoms with Crippen LogP contribution < -0.4 is 10.2 Å². The molecule has 2 aromatic heterocycles. The van der Waals surface area contributed by atoms with Crippen molar-refractivity contribution in [3.05, 3.63) is 23.9 Å². The molecule has 0 saturated carbocycles. The van der Waals surface area contributed by atoms with E-state index in [2.05, 4.69) is 37.3 Å². The lowest BCUT2D eigenvalue weighted by molar-refractivity contribution is 0.480. The predicted molar refractivity (Wildman–Crippen MR) is 74.0 cm³/mol. The van der Waals surface area contributed by atoms with Crippen molar-refractivity contribution < 1.29 is 0 Å². The minimum atomic E-state index is 0.429. The van der Waals surface area contributed by atoms with Crippen molar-refractivity contribution in [1.82, 2.24) is 25.5 Å². The molecule has 102 valence electrons. The number of piperazine rings is 1. The summed E-state index contributed by atoms with van der Waals surface area (Å²) in [7, 11) is 0. The monoisotopic (exact) mass is 269 g/mol. The maximum absolute atomic E-state index is 8.76. The number of hydrogen-bond donors (Lipinski definition) is 2. The number of hydrogen-bond acceptors (Lipinski definition) is 6. The van der Waals surface area contributed by atoms with Gasteiger partial charge in [0.05, 0.1) is 5.56 Å². The maximum atomic E-state index is 8.76. The Labute approximate surface area is 116 Å². The van der Waals surface area contributed by atoms with Gasteiger partial charge in [0.2, 0.25) is 5.95 Å².